The molecule has 1 aliphatic rings. The van der Waals surface area contributed by atoms with Crippen molar-refractivity contribution >= 4 is 11.6 Å². The summed E-state index contributed by atoms with van der Waals surface area (Å²) >= 11 is 0. The molecule has 2 heterocycles. The number of aromatic nitrogens is 2. The van der Waals surface area contributed by atoms with Crippen molar-refractivity contribution in [2.24, 2.45) is 0 Å². The van der Waals surface area contributed by atoms with Crippen LogP contribution in [0.25, 0.3) is 5.69 Å². The molecule has 3 rings (SSSR count). The summed E-state index contributed by atoms with van der Waals surface area (Å²) in [5.74, 6) is -0.121. The summed E-state index contributed by atoms with van der Waals surface area (Å²) in [6.45, 7) is 1.49. The quantitative estimate of drug-likeness (QED) is 0.638. The van der Waals surface area contributed by atoms with Crippen LogP contribution in [-0.4, -0.2) is 38.6 Å². The zero-order valence-corrected chi connectivity index (χ0v) is 11.3. The molecule has 0 atom stereocenters. The fourth-order valence-electron chi connectivity index (χ4n) is 2.47. The van der Waals surface area contributed by atoms with Gasteiger partial charge in [0.25, 0.3) is 11.6 Å². The zero-order valence-electron chi connectivity index (χ0n) is 11.3. The van der Waals surface area contributed by atoms with Crippen molar-refractivity contribution in [1.82, 2.24) is 14.7 Å². The van der Waals surface area contributed by atoms with E-state index in [1.54, 1.807) is 35.4 Å². The molecular formula is C14H14N4O3. The van der Waals surface area contributed by atoms with E-state index in [4.69, 9.17) is 0 Å². The maximum atomic E-state index is 12.2. The molecule has 1 aromatic heterocycles. The highest BCUT2D eigenvalue weighted by Crippen LogP contribution is 2.22. The number of carbonyl (C=O) groups excluding carboxylic acids is 1. The summed E-state index contributed by atoms with van der Waals surface area (Å²) in [6, 6.07) is 7.92. The van der Waals surface area contributed by atoms with E-state index < -0.39 is 4.92 Å². The standard InChI is InChI=1S/C14H14N4O3/c19-14(16-8-3-4-9-16)11-7-10-17(15-11)12-5-1-2-6-13(12)18(20)21/h1-2,5-7,10H,3-4,8-9H2. The number of hydrogen-bond acceptors (Lipinski definition) is 4. The van der Waals surface area contributed by atoms with Gasteiger partial charge in [0.05, 0.1) is 4.92 Å². The Balaban J connectivity index is 1.92. The van der Waals surface area contributed by atoms with Crippen molar-refractivity contribution in [2.75, 3.05) is 13.1 Å². The average molecular weight is 286 g/mol. The molecule has 2 aromatic rings. The number of rotatable bonds is 3. The molecule has 108 valence electrons. The topological polar surface area (TPSA) is 81.3 Å². The normalized spacial score (nSPS) is 14.4. The van der Waals surface area contributed by atoms with Gasteiger partial charge < -0.3 is 4.90 Å². The summed E-state index contributed by atoms with van der Waals surface area (Å²) in [6.07, 6.45) is 3.60. The number of benzene rings is 1. The van der Waals surface area contributed by atoms with E-state index in [0.29, 0.717) is 11.4 Å². The molecule has 1 saturated heterocycles. The smallest absolute Gasteiger partial charge is 0.294 e. The number of nitrogens with zero attached hydrogens (tertiary/aromatic N) is 4. The number of nitro groups is 1. The predicted molar refractivity (Wildman–Crippen MR) is 75.4 cm³/mol. The van der Waals surface area contributed by atoms with Crippen molar-refractivity contribution in [3.8, 4) is 5.69 Å². The van der Waals surface area contributed by atoms with Crippen LogP contribution in [0.4, 0.5) is 5.69 Å². The van der Waals surface area contributed by atoms with Gasteiger partial charge >= 0.3 is 0 Å². The highest BCUT2D eigenvalue weighted by molar-refractivity contribution is 5.92. The molecule has 0 N–H and O–H groups in total. The molecule has 0 aliphatic carbocycles. The minimum absolute atomic E-state index is 0.0410. The van der Waals surface area contributed by atoms with Crippen LogP contribution in [-0.2, 0) is 0 Å². The second-order valence-corrected chi connectivity index (χ2v) is 4.89. The molecule has 1 amide bonds. The van der Waals surface area contributed by atoms with E-state index >= 15 is 0 Å². The molecule has 1 aromatic carbocycles. The SMILES string of the molecule is O=C(c1ccn(-c2ccccc2[N+](=O)[O-])n1)N1CCCC1. The summed E-state index contributed by atoms with van der Waals surface area (Å²) in [5.41, 5.74) is 0.624. The highest BCUT2D eigenvalue weighted by atomic mass is 16.6. The average Bonchev–Trinajstić information content (AvgIpc) is 3.18. The number of likely N-dealkylation sites (tertiary alicyclic amines) is 1. The number of amides is 1. The fourth-order valence-corrected chi connectivity index (χ4v) is 2.47. The predicted octanol–water partition coefficient (Wildman–Crippen LogP) is 2.02. The summed E-state index contributed by atoms with van der Waals surface area (Å²) in [7, 11) is 0. The molecule has 21 heavy (non-hydrogen) atoms. The van der Waals surface area contributed by atoms with E-state index in [9.17, 15) is 14.9 Å². The Labute approximate surface area is 120 Å². The third-order valence-electron chi connectivity index (χ3n) is 3.53. The number of hydrogen-bond donors (Lipinski definition) is 0. The molecule has 1 fully saturated rings. The fraction of sp³-hybridized carbons (Fsp3) is 0.286. The molecule has 0 unspecified atom stereocenters. The summed E-state index contributed by atoms with van der Waals surface area (Å²) < 4.78 is 1.38. The van der Waals surface area contributed by atoms with Gasteiger partial charge in [-0.05, 0) is 25.0 Å². The number of nitro benzene ring substituents is 1. The second-order valence-electron chi connectivity index (χ2n) is 4.89. The van der Waals surface area contributed by atoms with Gasteiger partial charge in [-0.3, -0.25) is 14.9 Å². The van der Waals surface area contributed by atoms with Crippen molar-refractivity contribution in [3.63, 3.8) is 0 Å². The Hall–Kier alpha value is -2.70. The van der Waals surface area contributed by atoms with Crippen LogP contribution in [0.1, 0.15) is 23.3 Å². The van der Waals surface area contributed by atoms with Gasteiger partial charge in [0.15, 0.2) is 5.69 Å². The molecule has 1 aliphatic heterocycles. The maximum absolute atomic E-state index is 12.2. The zero-order chi connectivity index (χ0) is 14.8. The first-order chi connectivity index (χ1) is 10.2. The van der Waals surface area contributed by atoms with E-state index in [2.05, 4.69) is 5.10 Å². The van der Waals surface area contributed by atoms with Crippen LogP contribution >= 0.6 is 0 Å². The largest absolute Gasteiger partial charge is 0.337 e. The second kappa shape index (κ2) is 5.35. The van der Waals surface area contributed by atoms with E-state index in [-0.39, 0.29) is 11.6 Å². The molecule has 7 nitrogen and oxygen atoms in total. The van der Waals surface area contributed by atoms with E-state index in [1.165, 1.54) is 10.7 Å². The van der Waals surface area contributed by atoms with Crippen molar-refractivity contribution in [3.05, 3.63) is 52.3 Å². The lowest BCUT2D eigenvalue weighted by Crippen LogP contribution is -2.28. The molecule has 7 heteroatoms. The first-order valence-corrected chi connectivity index (χ1v) is 6.75. The Bertz CT molecular complexity index is 689. The van der Waals surface area contributed by atoms with Gasteiger partial charge in [0.2, 0.25) is 0 Å². The number of para-hydroxylation sites is 2. The third kappa shape index (κ3) is 2.49. The summed E-state index contributed by atoms with van der Waals surface area (Å²) in [5, 5.41) is 15.2. The van der Waals surface area contributed by atoms with Crippen LogP contribution in [0.3, 0.4) is 0 Å². The van der Waals surface area contributed by atoms with Crippen molar-refractivity contribution in [2.45, 2.75) is 12.8 Å². The van der Waals surface area contributed by atoms with Crippen molar-refractivity contribution in [1.29, 1.82) is 0 Å². The van der Waals surface area contributed by atoms with E-state index in [0.717, 1.165) is 25.9 Å². The third-order valence-corrected chi connectivity index (χ3v) is 3.53. The van der Waals surface area contributed by atoms with Gasteiger partial charge in [0.1, 0.15) is 5.69 Å². The molecule has 0 saturated carbocycles. The van der Waals surface area contributed by atoms with Gasteiger partial charge in [-0.15, -0.1) is 0 Å². The van der Waals surface area contributed by atoms with Gasteiger partial charge in [-0.2, -0.15) is 5.10 Å². The van der Waals surface area contributed by atoms with Crippen LogP contribution in [0, 0.1) is 10.1 Å². The maximum Gasteiger partial charge on any atom is 0.294 e. The van der Waals surface area contributed by atoms with Crippen molar-refractivity contribution < 1.29 is 9.72 Å². The Morgan fingerprint density at radius 2 is 1.90 bits per heavy atom. The molecular weight excluding hydrogens is 272 g/mol. The first kappa shape index (κ1) is 13.3. The highest BCUT2D eigenvalue weighted by Gasteiger charge is 2.22. The number of carbonyl (C=O) groups is 1. The summed E-state index contributed by atoms with van der Waals surface area (Å²) in [4.78, 5) is 24.6. The molecule has 0 bridgehead atoms. The Morgan fingerprint density at radius 1 is 1.19 bits per heavy atom. The molecule has 0 spiro atoms. The lowest BCUT2D eigenvalue weighted by molar-refractivity contribution is -0.384. The lowest BCUT2D eigenvalue weighted by Gasteiger charge is -2.12. The van der Waals surface area contributed by atoms with Crippen LogP contribution < -0.4 is 0 Å². The Morgan fingerprint density at radius 3 is 2.62 bits per heavy atom. The Kier molecular flexibility index (Phi) is 3.39. The monoisotopic (exact) mass is 286 g/mol. The van der Waals surface area contributed by atoms with Crippen LogP contribution in [0.2, 0.25) is 0 Å². The van der Waals surface area contributed by atoms with Gasteiger partial charge in [-0.25, -0.2) is 4.68 Å². The molecule has 0 radical (unpaired) electrons. The van der Waals surface area contributed by atoms with E-state index in [1.807, 2.05) is 0 Å². The first-order valence-electron chi connectivity index (χ1n) is 6.75. The minimum Gasteiger partial charge on any atom is -0.337 e. The van der Waals surface area contributed by atoms with Gasteiger partial charge in [-0.1, -0.05) is 12.1 Å². The van der Waals surface area contributed by atoms with Crippen LogP contribution in [0.5, 0.6) is 0 Å². The minimum atomic E-state index is -0.459. The van der Waals surface area contributed by atoms with Gasteiger partial charge in [0, 0.05) is 25.4 Å². The lowest BCUT2D eigenvalue weighted by atomic mass is 10.3. The van der Waals surface area contributed by atoms with Crippen LogP contribution in [0.15, 0.2) is 36.5 Å².